The van der Waals surface area contributed by atoms with Gasteiger partial charge in [0.25, 0.3) is 0 Å². The smallest absolute Gasteiger partial charge is 0.224 e. The summed E-state index contributed by atoms with van der Waals surface area (Å²) < 4.78 is 5.10. The first-order valence-electron chi connectivity index (χ1n) is 6.88. The number of aryl methyl sites for hydroxylation is 2. The Bertz CT molecular complexity index is 686. The summed E-state index contributed by atoms with van der Waals surface area (Å²) in [5, 5.41) is 4.02. The molecule has 2 rings (SSSR count). The third-order valence-electron chi connectivity index (χ3n) is 3.31. The van der Waals surface area contributed by atoms with Gasteiger partial charge in [-0.1, -0.05) is 35.3 Å². The number of carbonyl (C=O) groups excluding carboxylic acids is 1. The van der Waals surface area contributed by atoms with Gasteiger partial charge in [0.15, 0.2) is 0 Å². The van der Waals surface area contributed by atoms with Crippen molar-refractivity contribution in [3.05, 3.63) is 57.6 Å². The summed E-state index contributed by atoms with van der Waals surface area (Å²) in [5.74, 6) is 0.566. The normalized spacial score (nSPS) is 10.4. The lowest BCUT2D eigenvalue weighted by atomic mass is 10.1. The van der Waals surface area contributed by atoms with Gasteiger partial charge in [-0.05, 0) is 48.7 Å². The van der Waals surface area contributed by atoms with E-state index in [1.54, 1.807) is 19.2 Å². The van der Waals surface area contributed by atoms with Gasteiger partial charge in [0.2, 0.25) is 5.91 Å². The van der Waals surface area contributed by atoms with Crippen molar-refractivity contribution >= 4 is 34.8 Å². The quantitative estimate of drug-likeness (QED) is 0.844. The van der Waals surface area contributed by atoms with E-state index in [1.807, 2.05) is 31.2 Å². The Labute approximate surface area is 140 Å². The summed E-state index contributed by atoms with van der Waals surface area (Å²) in [6.45, 7) is 1.92. The maximum atomic E-state index is 12.0. The number of methoxy groups -OCH3 is 1. The summed E-state index contributed by atoms with van der Waals surface area (Å²) in [4.78, 5) is 12.0. The van der Waals surface area contributed by atoms with E-state index < -0.39 is 0 Å². The van der Waals surface area contributed by atoms with Gasteiger partial charge in [-0.3, -0.25) is 4.79 Å². The highest BCUT2D eigenvalue weighted by Gasteiger charge is 2.07. The van der Waals surface area contributed by atoms with Crippen molar-refractivity contribution in [2.24, 2.45) is 0 Å². The lowest BCUT2D eigenvalue weighted by Gasteiger charge is -2.08. The number of anilines is 1. The minimum atomic E-state index is -0.0631. The van der Waals surface area contributed by atoms with Crippen LogP contribution in [0, 0.1) is 6.92 Å². The van der Waals surface area contributed by atoms with E-state index in [-0.39, 0.29) is 5.91 Å². The number of carbonyl (C=O) groups is 1. The number of benzene rings is 2. The monoisotopic (exact) mass is 337 g/mol. The number of hydrogen-bond acceptors (Lipinski definition) is 2. The number of nitrogens with one attached hydrogen (secondary N) is 1. The predicted octanol–water partition coefficient (Wildman–Crippen LogP) is 4.88. The van der Waals surface area contributed by atoms with Crippen molar-refractivity contribution < 1.29 is 9.53 Å². The Morgan fingerprint density at radius 3 is 2.55 bits per heavy atom. The van der Waals surface area contributed by atoms with Crippen LogP contribution in [0.4, 0.5) is 5.69 Å². The second-order valence-corrected chi connectivity index (χ2v) is 5.80. The van der Waals surface area contributed by atoms with Crippen molar-refractivity contribution in [3.8, 4) is 5.75 Å². The number of ether oxygens (including phenoxy) is 1. The lowest BCUT2D eigenvalue weighted by molar-refractivity contribution is -0.116. The third-order valence-corrected chi connectivity index (χ3v) is 4.02. The van der Waals surface area contributed by atoms with Crippen LogP contribution in [-0.2, 0) is 11.2 Å². The molecule has 0 saturated carbocycles. The highest BCUT2D eigenvalue weighted by molar-refractivity contribution is 6.32. The molecule has 1 N–H and O–H groups in total. The maximum absolute atomic E-state index is 12.0. The molecule has 2 aromatic rings. The molecule has 5 heteroatoms. The molecule has 0 spiro atoms. The summed E-state index contributed by atoms with van der Waals surface area (Å²) in [6.07, 6.45) is 0.975. The average molecular weight is 338 g/mol. The summed E-state index contributed by atoms with van der Waals surface area (Å²) in [6, 6.07) is 11.0. The van der Waals surface area contributed by atoms with Crippen LogP contribution in [0.3, 0.4) is 0 Å². The Balaban J connectivity index is 1.92. The lowest BCUT2D eigenvalue weighted by Crippen LogP contribution is -2.12. The van der Waals surface area contributed by atoms with E-state index in [9.17, 15) is 4.79 Å². The van der Waals surface area contributed by atoms with Crippen LogP contribution < -0.4 is 10.1 Å². The fourth-order valence-corrected chi connectivity index (χ4v) is 2.48. The predicted molar refractivity (Wildman–Crippen MR) is 91.1 cm³/mol. The third kappa shape index (κ3) is 4.39. The first-order valence-corrected chi connectivity index (χ1v) is 7.63. The zero-order chi connectivity index (χ0) is 16.1. The fraction of sp³-hybridized carbons (Fsp3) is 0.235. The number of halogens is 2. The van der Waals surface area contributed by atoms with Crippen LogP contribution >= 0.6 is 23.2 Å². The zero-order valence-electron chi connectivity index (χ0n) is 12.5. The van der Waals surface area contributed by atoms with Gasteiger partial charge in [0.1, 0.15) is 5.75 Å². The number of rotatable bonds is 5. The largest absolute Gasteiger partial charge is 0.495 e. The molecule has 1 amide bonds. The summed E-state index contributed by atoms with van der Waals surface area (Å²) in [5.41, 5.74) is 2.67. The summed E-state index contributed by atoms with van der Waals surface area (Å²) in [7, 11) is 1.57. The Morgan fingerprint density at radius 1 is 1.14 bits per heavy atom. The minimum absolute atomic E-state index is 0.0631. The van der Waals surface area contributed by atoms with Gasteiger partial charge in [-0.15, -0.1) is 0 Å². The molecule has 0 aliphatic carbocycles. The second-order valence-electron chi connectivity index (χ2n) is 4.98. The highest BCUT2D eigenvalue weighted by atomic mass is 35.5. The van der Waals surface area contributed by atoms with Crippen LogP contribution in [0.2, 0.25) is 10.0 Å². The van der Waals surface area contributed by atoms with Crippen molar-refractivity contribution in [1.82, 2.24) is 0 Å². The Kier molecular flexibility index (Phi) is 5.69. The summed E-state index contributed by atoms with van der Waals surface area (Å²) >= 11 is 12.1. The number of amides is 1. The van der Waals surface area contributed by atoms with Crippen LogP contribution in [0.5, 0.6) is 5.75 Å². The van der Waals surface area contributed by atoms with Crippen molar-refractivity contribution in [2.45, 2.75) is 19.8 Å². The van der Waals surface area contributed by atoms with Crippen LogP contribution in [0.15, 0.2) is 36.4 Å². The number of hydrogen-bond donors (Lipinski definition) is 1. The van der Waals surface area contributed by atoms with Crippen LogP contribution in [-0.4, -0.2) is 13.0 Å². The van der Waals surface area contributed by atoms with E-state index in [0.717, 1.165) is 11.1 Å². The molecule has 0 unspecified atom stereocenters. The van der Waals surface area contributed by atoms with E-state index in [4.69, 9.17) is 27.9 Å². The second kappa shape index (κ2) is 7.52. The zero-order valence-corrected chi connectivity index (χ0v) is 14.0. The molecule has 116 valence electrons. The maximum Gasteiger partial charge on any atom is 0.224 e. The van der Waals surface area contributed by atoms with Crippen LogP contribution in [0.1, 0.15) is 17.5 Å². The van der Waals surface area contributed by atoms with Gasteiger partial charge in [0.05, 0.1) is 12.1 Å². The van der Waals surface area contributed by atoms with Gasteiger partial charge in [-0.25, -0.2) is 0 Å². The highest BCUT2D eigenvalue weighted by Crippen LogP contribution is 2.25. The average Bonchev–Trinajstić information content (AvgIpc) is 2.49. The Hall–Kier alpha value is -1.71. The molecule has 0 atom stereocenters. The van der Waals surface area contributed by atoms with E-state index in [0.29, 0.717) is 34.3 Å². The topological polar surface area (TPSA) is 38.3 Å². The van der Waals surface area contributed by atoms with Crippen LogP contribution in [0.25, 0.3) is 0 Å². The van der Waals surface area contributed by atoms with E-state index in [1.165, 1.54) is 0 Å². The molecule has 0 heterocycles. The van der Waals surface area contributed by atoms with Crippen molar-refractivity contribution in [3.63, 3.8) is 0 Å². The Morgan fingerprint density at radius 2 is 1.91 bits per heavy atom. The molecule has 0 aliphatic heterocycles. The molecular weight excluding hydrogens is 321 g/mol. The molecule has 2 aromatic carbocycles. The van der Waals surface area contributed by atoms with Crippen molar-refractivity contribution in [2.75, 3.05) is 12.4 Å². The van der Waals surface area contributed by atoms with Crippen molar-refractivity contribution in [1.29, 1.82) is 0 Å². The fourth-order valence-electron chi connectivity index (χ4n) is 2.02. The molecule has 0 fully saturated rings. The molecule has 0 saturated heterocycles. The molecular formula is C17H17Cl2NO2. The van der Waals surface area contributed by atoms with E-state index >= 15 is 0 Å². The minimum Gasteiger partial charge on any atom is -0.495 e. The van der Waals surface area contributed by atoms with Gasteiger partial charge in [-0.2, -0.15) is 0 Å². The van der Waals surface area contributed by atoms with Gasteiger partial charge < -0.3 is 10.1 Å². The SMILES string of the molecule is COc1ccc(CCC(=O)Nc2ccc(C)c(Cl)c2)cc1Cl. The first kappa shape index (κ1) is 16.7. The molecule has 0 aliphatic rings. The molecule has 0 aromatic heterocycles. The molecule has 0 bridgehead atoms. The van der Waals surface area contributed by atoms with Gasteiger partial charge in [0, 0.05) is 17.1 Å². The molecule has 3 nitrogen and oxygen atoms in total. The standard InChI is InChI=1S/C17H17Cl2NO2/c1-11-3-6-13(10-14(11)18)20-17(21)8-5-12-4-7-16(22-2)15(19)9-12/h3-4,6-7,9-10H,5,8H2,1-2H3,(H,20,21). The van der Waals surface area contributed by atoms with Gasteiger partial charge >= 0.3 is 0 Å². The first-order chi connectivity index (χ1) is 10.5. The molecule has 0 radical (unpaired) electrons. The molecule has 22 heavy (non-hydrogen) atoms. The van der Waals surface area contributed by atoms with E-state index in [2.05, 4.69) is 5.32 Å².